The van der Waals surface area contributed by atoms with Crippen LogP contribution in [0.5, 0.6) is 5.75 Å². The van der Waals surface area contributed by atoms with E-state index in [0.717, 1.165) is 44.7 Å². The molecule has 8 aromatic rings. The van der Waals surface area contributed by atoms with E-state index in [1.165, 1.54) is 27.8 Å². The van der Waals surface area contributed by atoms with Crippen LogP contribution in [0.2, 0.25) is 0 Å². The molecule has 0 N–H and O–H groups in total. The molecule has 0 fully saturated rings. The molecule has 0 amide bonds. The number of rotatable bonds is 4. The second-order valence-corrected chi connectivity index (χ2v) is 12.8. The molecule has 234 valence electrons. The smallest absolute Gasteiger partial charge is 0.186 e. The van der Waals surface area contributed by atoms with E-state index in [-0.39, 0.29) is 0 Å². The van der Waals surface area contributed by atoms with Crippen molar-refractivity contribution in [3.63, 3.8) is 0 Å². The van der Waals surface area contributed by atoms with Gasteiger partial charge in [0.2, 0.25) is 0 Å². The first-order valence-corrected chi connectivity index (χ1v) is 16.9. The van der Waals surface area contributed by atoms with Crippen LogP contribution >= 0.6 is 0 Å². The third-order valence-corrected chi connectivity index (χ3v) is 9.90. The molecule has 0 saturated carbocycles. The lowest BCUT2D eigenvalue weighted by atomic mass is 9.77. The molecule has 0 radical (unpaired) electrons. The highest BCUT2D eigenvalue weighted by Gasteiger charge is 2.50. The van der Waals surface area contributed by atoms with E-state index in [2.05, 4.69) is 115 Å². The summed E-state index contributed by atoms with van der Waals surface area (Å²) in [5, 5.41) is 0. The largest absolute Gasteiger partial charge is 0.472 e. The van der Waals surface area contributed by atoms with Gasteiger partial charge in [0.1, 0.15) is 5.75 Å². The number of aromatic nitrogens is 3. The third-order valence-electron chi connectivity index (χ3n) is 9.90. The van der Waals surface area contributed by atoms with E-state index in [1.54, 1.807) is 0 Å². The van der Waals surface area contributed by atoms with E-state index in [1.807, 2.05) is 60.7 Å². The average Bonchev–Trinajstić information content (AvgIpc) is 3.48. The zero-order chi connectivity index (χ0) is 33.1. The van der Waals surface area contributed by atoms with Crippen LogP contribution in [-0.2, 0) is 5.60 Å². The Balaban J connectivity index is 1.09. The van der Waals surface area contributed by atoms with Crippen molar-refractivity contribution in [3.05, 3.63) is 193 Å². The van der Waals surface area contributed by atoms with Crippen molar-refractivity contribution < 1.29 is 4.74 Å². The molecule has 4 heteroatoms. The van der Waals surface area contributed by atoms with Gasteiger partial charge in [0.25, 0.3) is 0 Å². The van der Waals surface area contributed by atoms with Crippen LogP contribution in [0.3, 0.4) is 0 Å². The molecule has 1 aliphatic carbocycles. The minimum Gasteiger partial charge on any atom is -0.472 e. The predicted octanol–water partition coefficient (Wildman–Crippen LogP) is 10.9. The second kappa shape index (κ2) is 11.2. The highest BCUT2D eigenvalue weighted by atomic mass is 16.5. The first-order valence-electron chi connectivity index (χ1n) is 16.9. The molecule has 1 aliphatic heterocycles. The number of ether oxygens (including phenoxy) is 1. The summed E-state index contributed by atoms with van der Waals surface area (Å²) >= 11 is 0. The van der Waals surface area contributed by atoms with Gasteiger partial charge in [-0.2, -0.15) is 0 Å². The van der Waals surface area contributed by atoms with E-state index in [4.69, 9.17) is 19.7 Å². The maximum absolute atomic E-state index is 7.23. The molecule has 10 rings (SSSR count). The summed E-state index contributed by atoms with van der Waals surface area (Å²) in [7, 11) is 0. The summed E-state index contributed by atoms with van der Waals surface area (Å²) < 4.78 is 7.23. The van der Waals surface area contributed by atoms with Gasteiger partial charge >= 0.3 is 0 Å². The maximum Gasteiger partial charge on any atom is 0.186 e. The van der Waals surface area contributed by atoms with E-state index < -0.39 is 5.60 Å². The van der Waals surface area contributed by atoms with Crippen LogP contribution in [-0.4, -0.2) is 15.0 Å². The van der Waals surface area contributed by atoms with Gasteiger partial charge in [-0.25, -0.2) is 15.0 Å². The SMILES string of the molecule is c1ccc(-c2nc(-c3ccccc3)nc(-c3cccc(-c4ccc5c(c4)-c4ccccc4C4(O5)c5ccccc5-c5ccccc54)c3)n2)cc1. The van der Waals surface area contributed by atoms with Gasteiger partial charge in [0.05, 0.1) is 0 Å². The predicted molar refractivity (Wildman–Crippen MR) is 199 cm³/mol. The average molecular weight is 640 g/mol. The third kappa shape index (κ3) is 4.35. The first kappa shape index (κ1) is 28.4. The summed E-state index contributed by atoms with van der Waals surface area (Å²) in [5.74, 6) is 2.79. The van der Waals surface area contributed by atoms with Gasteiger partial charge in [0.15, 0.2) is 23.1 Å². The fourth-order valence-electron chi connectivity index (χ4n) is 7.62. The Bertz CT molecular complexity index is 2480. The van der Waals surface area contributed by atoms with Crippen molar-refractivity contribution in [1.82, 2.24) is 15.0 Å². The Morgan fingerprint density at radius 2 is 0.740 bits per heavy atom. The Morgan fingerprint density at radius 1 is 0.320 bits per heavy atom. The van der Waals surface area contributed by atoms with Crippen molar-refractivity contribution in [3.8, 4) is 73.3 Å². The van der Waals surface area contributed by atoms with E-state index in [9.17, 15) is 0 Å². The fourth-order valence-corrected chi connectivity index (χ4v) is 7.62. The van der Waals surface area contributed by atoms with Crippen LogP contribution < -0.4 is 4.74 Å². The molecule has 7 aromatic carbocycles. The Morgan fingerprint density at radius 3 is 1.30 bits per heavy atom. The lowest BCUT2D eigenvalue weighted by molar-refractivity contribution is 0.157. The Kier molecular flexibility index (Phi) is 6.36. The second-order valence-electron chi connectivity index (χ2n) is 12.8. The van der Waals surface area contributed by atoms with E-state index >= 15 is 0 Å². The fraction of sp³-hybridized carbons (Fsp3) is 0.0217. The molecule has 1 aromatic heterocycles. The molecule has 1 spiro atoms. The molecule has 50 heavy (non-hydrogen) atoms. The van der Waals surface area contributed by atoms with Gasteiger partial charge in [0, 0.05) is 38.9 Å². The zero-order valence-corrected chi connectivity index (χ0v) is 27.0. The molecule has 0 atom stereocenters. The number of hydrogen-bond donors (Lipinski definition) is 0. The van der Waals surface area contributed by atoms with Gasteiger partial charge in [-0.3, -0.25) is 0 Å². The van der Waals surface area contributed by atoms with Crippen molar-refractivity contribution >= 4 is 0 Å². The number of hydrogen-bond acceptors (Lipinski definition) is 4. The molecule has 2 heterocycles. The molecule has 0 bridgehead atoms. The van der Waals surface area contributed by atoms with Crippen molar-refractivity contribution in [2.24, 2.45) is 0 Å². The normalized spacial score (nSPS) is 13.1. The topological polar surface area (TPSA) is 47.9 Å². The quantitative estimate of drug-likeness (QED) is 0.192. The summed E-state index contributed by atoms with van der Waals surface area (Å²) in [5.41, 5.74) is 12.5. The molecular formula is C46H29N3O. The summed E-state index contributed by atoms with van der Waals surface area (Å²) in [4.78, 5) is 14.8. The van der Waals surface area contributed by atoms with Crippen molar-refractivity contribution in [2.75, 3.05) is 0 Å². The number of nitrogens with zero attached hydrogens (tertiary/aromatic N) is 3. The zero-order valence-electron chi connectivity index (χ0n) is 27.0. The summed E-state index contributed by atoms with van der Waals surface area (Å²) in [6.45, 7) is 0. The summed E-state index contributed by atoms with van der Waals surface area (Å²) in [6.07, 6.45) is 0. The van der Waals surface area contributed by atoms with Crippen LogP contribution in [0.1, 0.15) is 16.7 Å². The van der Waals surface area contributed by atoms with Gasteiger partial charge in [-0.1, -0.05) is 158 Å². The van der Waals surface area contributed by atoms with E-state index in [0.29, 0.717) is 17.5 Å². The van der Waals surface area contributed by atoms with Crippen LogP contribution in [0.15, 0.2) is 176 Å². The highest BCUT2D eigenvalue weighted by Crippen LogP contribution is 2.58. The van der Waals surface area contributed by atoms with Gasteiger partial charge < -0.3 is 4.74 Å². The lowest BCUT2D eigenvalue weighted by Crippen LogP contribution is -2.36. The highest BCUT2D eigenvalue weighted by molar-refractivity contribution is 5.89. The number of benzene rings is 7. The Labute approximate surface area is 290 Å². The Hall–Kier alpha value is -6.65. The van der Waals surface area contributed by atoms with Crippen LogP contribution in [0.25, 0.3) is 67.5 Å². The molecule has 0 saturated heterocycles. The molecule has 0 unspecified atom stereocenters. The van der Waals surface area contributed by atoms with Crippen LogP contribution in [0.4, 0.5) is 0 Å². The molecule has 4 nitrogen and oxygen atoms in total. The van der Waals surface area contributed by atoms with Crippen LogP contribution in [0, 0.1) is 0 Å². The van der Waals surface area contributed by atoms with Crippen molar-refractivity contribution in [2.45, 2.75) is 5.60 Å². The van der Waals surface area contributed by atoms with Gasteiger partial charge in [-0.05, 0) is 46.0 Å². The van der Waals surface area contributed by atoms with Crippen molar-refractivity contribution in [1.29, 1.82) is 0 Å². The number of fused-ring (bicyclic) bond motifs is 9. The molecular weight excluding hydrogens is 611 g/mol. The maximum atomic E-state index is 7.23. The lowest BCUT2D eigenvalue weighted by Gasteiger charge is -2.39. The molecule has 2 aliphatic rings. The minimum absolute atomic E-state index is 0.631. The summed E-state index contributed by atoms with van der Waals surface area (Å²) in [6, 6.07) is 61.1. The monoisotopic (exact) mass is 639 g/mol. The standard InChI is InChI=1S/C46H29N3O/c1-3-14-30(15-4-1)43-47-44(31-16-5-2-6-17-31)49-45(48-43)34-19-13-18-32(28-34)33-26-27-42-38(29-33)37-22-9-12-25-41(37)46(50-42)39-23-10-7-20-35(39)36-21-8-11-24-40(36)46/h1-29H. The minimum atomic E-state index is -0.718. The first-order chi connectivity index (χ1) is 24.8. The van der Waals surface area contributed by atoms with Gasteiger partial charge in [-0.15, -0.1) is 0 Å².